The molecule has 1 aromatic heterocycles. The number of nitrogens with zero attached hydrogens (tertiary/aromatic N) is 1. The van der Waals surface area contributed by atoms with Gasteiger partial charge >= 0.3 is 0 Å². The van der Waals surface area contributed by atoms with Gasteiger partial charge in [-0.25, -0.2) is 4.98 Å². The predicted molar refractivity (Wildman–Crippen MR) is 114 cm³/mol. The van der Waals surface area contributed by atoms with E-state index >= 15 is 0 Å². The van der Waals surface area contributed by atoms with Crippen molar-refractivity contribution in [2.24, 2.45) is 0 Å². The Labute approximate surface area is 169 Å². The summed E-state index contributed by atoms with van der Waals surface area (Å²) in [7, 11) is 0. The molecule has 3 rings (SSSR count). The second-order valence-corrected chi connectivity index (χ2v) is 7.19. The van der Waals surface area contributed by atoms with Crippen LogP contribution in [0.3, 0.4) is 0 Å². The van der Waals surface area contributed by atoms with Crippen molar-refractivity contribution in [1.29, 1.82) is 0 Å². The fourth-order valence-corrected chi connectivity index (χ4v) is 3.64. The minimum absolute atomic E-state index is 0.181. The van der Waals surface area contributed by atoms with Crippen molar-refractivity contribution in [2.75, 3.05) is 18.5 Å². The fraction of sp³-hybridized carbons (Fsp3) is 0.273. The maximum absolute atomic E-state index is 12.8. The Morgan fingerprint density at radius 3 is 2.54 bits per heavy atom. The lowest BCUT2D eigenvalue weighted by Crippen LogP contribution is -2.12. The molecule has 0 aliphatic carbocycles. The van der Waals surface area contributed by atoms with Gasteiger partial charge in [-0.3, -0.25) is 4.79 Å². The lowest BCUT2D eigenvalue weighted by atomic mass is 10.2. The number of anilines is 1. The number of para-hydroxylation sites is 2. The number of ether oxygens (including phenoxy) is 2. The minimum atomic E-state index is -0.181. The lowest BCUT2D eigenvalue weighted by Gasteiger charge is -2.11. The van der Waals surface area contributed by atoms with Gasteiger partial charge in [0.2, 0.25) is 0 Å². The number of aromatic nitrogens is 1. The number of aryl methyl sites for hydroxylation is 1. The number of rotatable bonds is 8. The summed E-state index contributed by atoms with van der Waals surface area (Å²) in [6, 6.07) is 15.2. The predicted octanol–water partition coefficient (Wildman–Crippen LogP) is 5.56. The maximum atomic E-state index is 12.8. The van der Waals surface area contributed by atoms with E-state index in [1.54, 1.807) is 0 Å². The topological polar surface area (TPSA) is 60.5 Å². The molecule has 0 unspecified atom stereocenters. The summed E-state index contributed by atoms with van der Waals surface area (Å²) in [6.07, 6.45) is 0.904. The lowest BCUT2D eigenvalue weighted by molar-refractivity contribution is 0.102. The second-order valence-electron chi connectivity index (χ2n) is 6.19. The molecule has 146 valence electrons. The molecule has 0 atom stereocenters. The van der Waals surface area contributed by atoms with Gasteiger partial charge in [-0.1, -0.05) is 19.1 Å². The van der Waals surface area contributed by atoms with Gasteiger partial charge in [0.1, 0.15) is 21.4 Å². The Morgan fingerprint density at radius 2 is 1.82 bits per heavy atom. The SMILES string of the molecule is CCCOc1ccccc1NC(=O)c1sc(-c2ccc(OCC)cc2)nc1C. The molecule has 1 heterocycles. The van der Waals surface area contributed by atoms with Crippen LogP contribution in [0.4, 0.5) is 5.69 Å². The molecule has 1 N–H and O–H groups in total. The summed E-state index contributed by atoms with van der Waals surface area (Å²) in [5.74, 6) is 1.31. The van der Waals surface area contributed by atoms with Crippen molar-refractivity contribution in [3.8, 4) is 22.1 Å². The van der Waals surface area contributed by atoms with Crippen molar-refractivity contribution >= 4 is 22.9 Å². The minimum Gasteiger partial charge on any atom is -0.494 e. The third-order valence-electron chi connectivity index (χ3n) is 4.01. The quantitative estimate of drug-likeness (QED) is 0.542. The highest BCUT2D eigenvalue weighted by Gasteiger charge is 2.18. The Hall–Kier alpha value is -2.86. The second kappa shape index (κ2) is 9.37. The van der Waals surface area contributed by atoms with Crippen molar-refractivity contribution in [3.63, 3.8) is 0 Å². The van der Waals surface area contributed by atoms with Gasteiger partial charge in [0.25, 0.3) is 5.91 Å². The molecule has 0 saturated carbocycles. The van der Waals surface area contributed by atoms with E-state index < -0.39 is 0 Å². The van der Waals surface area contributed by atoms with Crippen molar-refractivity contribution in [2.45, 2.75) is 27.2 Å². The highest BCUT2D eigenvalue weighted by molar-refractivity contribution is 7.17. The van der Waals surface area contributed by atoms with Crippen LogP contribution in [0, 0.1) is 6.92 Å². The fourth-order valence-electron chi connectivity index (χ4n) is 2.68. The Morgan fingerprint density at radius 1 is 1.07 bits per heavy atom. The van der Waals surface area contributed by atoms with Crippen LogP contribution in [0.1, 0.15) is 35.6 Å². The van der Waals surface area contributed by atoms with E-state index in [1.807, 2.05) is 69.3 Å². The Balaban J connectivity index is 1.78. The molecule has 2 aromatic carbocycles. The summed E-state index contributed by atoms with van der Waals surface area (Å²) in [4.78, 5) is 18.0. The monoisotopic (exact) mass is 396 g/mol. The number of benzene rings is 2. The van der Waals surface area contributed by atoms with Crippen molar-refractivity contribution < 1.29 is 14.3 Å². The van der Waals surface area contributed by atoms with E-state index in [2.05, 4.69) is 10.3 Å². The van der Waals surface area contributed by atoms with Gasteiger partial charge in [0.05, 0.1) is 24.6 Å². The molecule has 0 aliphatic heterocycles. The Bertz CT molecular complexity index is 935. The molecule has 0 bridgehead atoms. The highest BCUT2D eigenvalue weighted by Crippen LogP contribution is 2.31. The van der Waals surface area contributed by atoms with E-state index in [0.29, 0.717) is 35.2 Å². The van der Waals surface area contributed by atoms with Crippen LogP contribution in [0.2, 0.25) is 0 Å². The summed E-state index contributed by atoms with van der Waals surface area (Å²) in [5.41, 5.74) is 2.33. The van der Waals surface area contributed by atoms with Crippen LogP contribution in [-0.2, 0) is 0 Å². The van der Waals surface area contributed by atoms with Crippen molar-refractivity contribution in [3.05, 3.63) is 59.1 Å². The normalized spacial score (nSPS) is 10.5. The molecule has 3 aromatic rings. The first-order chi connectivity index (χ1) is 13.6. The molecule has 6 heteroatoms. The van der Waals surface area contributed by atoms with Gasteiger partial charge in [0.15, 0.2) is 0 Å². The molecule has 0 fully saturated rings. The maximum Gasteiger partial charge on any atom is 0.267 e. The summed E-state index contributed by atoms with van der Waals surface area (Å²) in [6.45, 7) is 7.08. The van der Waals surface area contributed by atoms with E-state index in [4.69, 9.17) is 9.47 Å². The van der Waals surface area contributed by atoms with Crippen LogP contribution >= 0.6 is 11.3 Å². The Kier molecular flexibility index (Phi) is 6.66. The standard InChI is InChI=1S/C22H24N2O3S/c1-4-14-27-19-9-7-6-8-18(19)24-21(25)20-15(3)23-22(28-20)16-10-12-17(13-11-16)26-5-2/h6-13H,4-5,14H2,1-3H3,(H,24,25). The summed E-state index contributed by atoms with van der Waals surface area (Å²) < 4.78 is 11.2. The van der Waals surface area contributed by atoms with E-state index in [9.17, 15) is 4.79 Å². The number of carbonyl (C=O) groups is 1. The molecule has 0 radical (unpaired) electrons. The largest absolute Gasteiger partial charge is 0.494 e. The highest BCUT2D eigenvalue weighted by atomic mass is 32.1. The smallest absolute Gasteiger partial charge is 0.267 e. The number of thiazole rings is 1. The summed E-state index contributed by atoms with van der Waals surface area (Å²) in [5, 5.41) is 3.76. The van der Waals surface area contributed by atoms with E-state index in [0.717, 1.165) is 22.7 Å². The van der Waals surface area contributed by atoms with Crippen LogP contribution in [0.15, 0.2) is 48.5 Å². The van der Waals surface area contributed by atoms with Gasteiger partial charge < -0.3 is 14.8 Å². The van der Waals surface area contributed by atoms with Crippen LogP contribution in [0.5, 0.6) is 11.5 Å². The zero-order chi connectivity index (χ0) is 19.9. The molecule has 5 nitrogen and oxygen atoms in total. The average molecular weight is 397 g/mol. The zero-order valence-corrected chi connectivity index (χ0v) is 17.1. The first-order valence-electron chi connectivity index (χ1n) is 9.36. The molecule has 0 spiro atoms. The number of carbonyl (C=O) groups excluding carboxylic acids is 1. The van der Waals surface area contributed by atoms with Gasteiger partial charge in [-0.05, 0) is 56.7 Å². The molecular weight excluding hydrogens is 372 g/mol. The van der Waals surface area contributed by atoms with Gasteiger partial charge in [-0.15, -0.1) is 11.3 Å². The number of nitrogens with one attached hydrogen (secondary N) is 1. The first kappa shape index (κ1) is 19.9. The molecule has 0 aliphatic rings. The van der Waals surface area contributed by atoms with Gasteiger partial charge in [0, 0.05) is 5.56 Å². The number of hydrogen-bond donors (Lipinski definition) is 1. The number of amides is 1. The van der Waals surface area contributed by atoms with Crippen molar-refractivity contribution in [1.82, 2.24) is 4.98 Å². The number of hydrogen-bond acceptors (Lipinski definition) is 5. The van der Waals surface area contributed by atoms with Crippen LogP contribution < -0.4 is 14.8 Å². The molecule has 0 saturated heterocycles. The van der Waals surface area contributed by atoms with E-state index in [1.165, 1.54) is 11.3 Å². The molecular formula is C22H24N2O3S. The third-order valence-corrected chi connectivity index (χ3v) is 5.22. The zero-order valence-electron chi connectivity index (χ0n) is 16.3. The first-order valence-corrected chi connectivity index (χ1v) is 10.2. The average Bonchev–Trinajstić information content (AvgIpc) is 3.10. The third kappa shape index (κ3) is 4.70. The van der Waals surface area contributed by atoms with Crippen LogP contribution in [-0.4, -0.2) is 24.1 Å². The van der Waals surface area contributed by atoms with E-state index in [-0.39, 0.29) is 5.91 Å². The summed E-state index contributed by atoms with van der Waals surface area (Å²) >= 11 is 1.38. The molecule has 28 heavy (non-hydrogen) atoms. The van der Waals surface area contributed by atoms with Crippen LogP contribution in [0.25, 0.3) is 10.6 Å². The molecule has 1 amide bonds. The van der Waals surface area contributed by atoms with Gasteiger partial charge in [-0.2, -0.15) is 0 Å².